The Balaban J connectivity index is 1.96. The number of aryl methyl sites for hydroxylation is 1. The van der Waals surface area contributed by atoms with Crippen LogP contribution in [0.25, 0.3) is 0 Å². The number of nitrogens with one attached hydrogen (secondary N) is 3. The van der Waals surface area contributed by atoms with E-state index in [1.807, 2.05) is 52.8 Å². The van der Waals surface area contributed by atoms with Crippen molar-refractivity contribution in [1.29, 1.82) is 0 Å². The third-order valence-corrected chi connectivity index (χ3v) is 4.13. The van der Waals surface area contributed by atoms with Gasteiger partial charge in [0.05, 0.1) is 6.54 Å². The van der Waals surface area contributed by atoms with Gasteiger partial charge in [-0.15, -0.1) is 0 Å². The molecule has 5 heteroatoms. The summed E-state index contributed by atoms with van der Waals surface area (Å²) in [5, 5.41) is 8.87. The molecule has 0 aliphatic rings. The summed E-state index contributed by atoms with van der Waals surface area (Å²) in [6.07, 6.45) is 0. The van der Waals surface area contributed by atoms with Crippen molar-refractivity contribution in [3.05, 3.63) is 53.6 Å². The number of amides is 2. The molecule has 0 spiro atoms. The number of hydrogen-bond acceptors (Lipinski definition) is 3. The number of hydrogen-bond donors (Lipinski definition) is 3. The molecule has 0 aromatic heterocycles. The predicted molar refractivity (Wildman–Crippen MR) is 108 cm³/mol. The molecule has 0 aliphatic heterocycles. The lowest BCUT2D eigenvalue weighted by Crippen LogP contribution is -2.27. The number of carbonyl (C=O) groups is 2. The van der Waals surface area contributed by atoms with Crippen LogP contribution in [0.2, 0.25) is 0 Å². The molecule has 0 saturated heterocycles. The average Bonchev–Trinajstić information content (AvgIpc) is 2.55. The van der Waals surface area contributed by atoms with Crippen LogP contribution in [0.15, 0.2) is 42.5 Å². The molecule has 26 heavy (non-hydrogen) atoms. The molecule has 5 nitrogen and oxygen atoms in total. The van der Waals surface area contributed by atoms with Crippen LogP contribution in [0.5, 0.6) is 0 Å². The van der Waals surface area contributed by atoms with Crippen LogP contribution in [0, 0.1) is 19.3 Å². The highest BCUT2D eigenvalue weighted by Crippen LogP contribution is 2.20. The fraction of sp³-hybridized carbons (Fsp3) is 0.333. The second-order valence-electron chi connectivity index (χ2n) is 7.43. The zero-order valence-corrected chi connectivity index (χ0v) is 16.1. The minimum absolute atomic E-state index is 0.0717. The molecule has 0 fully saturated rings. The topological polar surface area (TPSA) is 70.2 Å². The maximum absolute atomic E-state index is 12.2. The van der Waals surface area contributed by atoms with E-state index >= 15 is 0 Å². The van der Waals surface area contributed by atoms with Crippen molar-refractivity contribution in [1.82, 2.24) is 0 Å². The number of benzene rings is 2. The highest BCUT2D eigenvalue weighted by atomic mass is 16.2. The van der Waals surface area contributed by atoms with Gasteiger partial charge in [-0.25, -0.2) is 0 Å². The van der Waals surface area contributed by atoms with Crippen LogP contribution in [-0.4, -0.2) is 18.4 Å². The summed E-state index contributed by atoms with van der Waals surface area (Å²) in [7, 11) is 0. The van der Waals surface area contributed by atoms with E-state index in [1.54, 1.807) is 24.3 Å². The van der Waals surface area contributed by atoms with Crippen LogP contribution in [0.3, 0.4) is 0 Å². The van der Waals surface area contributed by atoms with Crippen LogP contribution in [0.4, 0.5) is 17.1 Å². The van der Waals surface area contributed by atoms with Crippen LogP contribution >= 0.6 is 0 Å². The second-order valence-corrected chi connectivity index (χ2v) is 7.43. The summed E-state index contributed by atoms with van der Waals surface area (Å²) in [4.78, 5) is 24.3. The van der Waals surface area contributed by atoms with E-state index in [1.165, 1.54) is 5.56 Å². The van der Waals surface area contributed by atoms with Gasteiger partial charge in [0.1, 0.15) is 0 Å². The van der Waals surface area contributed by atoms with Crippen molar-refractivity contribution in [3.63, 3.8) is 0 Å². The fourth-order valence-corrected chi connectivity index (χ4v) is 2.32. The van der Waals surface area contributed by atoms with Gasteiger partial charge >= 0.3 is 0 Å². The van der Waals surface area contributed by atoms with Gasteiger partial charge < -0.3 is 16.0 Å². The van der Waals surface area contributed by atoms with Gasteiger partial charge in [-0.2, -0.15) is 0 Å². The summed E-state index contributed by atoms with van der Waals surface area (Å²) < 4.78 is 0. The lowest BCUT2D eigenvalue weighted by molar-refractivity contribution is -0.123. The van der Waals surface area contributed by atoms with Crippen molar-refractivity contribution in [2.24, 2.45) is 5.41 Å². The van der Waals surface area contributed by atoms with Crippen LogP contribution < -0.4 is 16.0 Å². The highest BCUT2D eigenvalue weighted by Gasteiger charge is 2.21. The van der Waals surface area contributed by atoms with E-state index in [4.69, 9.17) is 0 Å². The Hall–Kier alpha value is -2.82. The lowest BCUT2D eigenvalue weighted by Gasteiger charge is -2.18. The maximum Gasteiger partial charge on any atom is 0.243 e. The van der Waals surface area contributed by atoms with Crippen molar-refractivity contribution in [3.8, 4) is 0 Å². The molecular weight excluding hydrogens is 326 g/mol. The Morgan fingerprint density at radius 1 is 0.923 bits per heavy atom. The summed E-state index contributed by atoms with van der Waals surface area (Å²) in [5.74, 6) is -0.220. The zero-order valence-electron chi connectivity index (χ0n) is 16.1. The zero-order chi connectivity index (χ0) is 19.3. The normalized spacial score (nSPS) is 11.0. The molecule has 0 heterocycles. The lowest BCUT2D eigenvalue weighted by atomic mass is 9.95. The Bertz CT molecular complexity index is 807. The van der Waals surface area contributed by atoms with Crippen molar-refractivity contribution >= 4 is 28.9 Å². The van der Waals surface area contributed by atoms with Crippen LogP contribution in [0.1, 0.15) is 31.9 Å². The Labute approximate surface area is 155 Å². The molecule has 0 radical (unpaired) electrons. The molecule has 0 atom stereocenters. The number of carbonyl (C=O) groups excluding carboxylic acids is 2. The van der Waals surface area contributed by atoms with Gasteiger partial charge in [0.2, 0.25) is 11.8 Å². The highest BCUT2D eigenvalue weighted by molar-refractivity contribution is 5.97. The predicted octanol–water partition coefficient (Wildman–Crippen LogP) is 4.34. The van der Waals surface area contributed by atoms with E-state index in [-0.39, 0.29) is 18.4 Å². The van der Waals surface area contributed by atoms with E-state index in [2.05, 4.69) is 16.0 Å². The molecular formula is C21H27N3O2. The molecule has 3 N–H and O–H groups in total. The number of rotatable bonds is 5. The first-order valence-electron chi connectivity index (χ1n) is 8.68. The molecule has 0 bridgehead atoms. The average molecular weight is 353 g/mol. The maximum atomic E-state index is 12.2. The van der Waals surface area contributed by atoms with E-state index < -0.39 is 5.41 Å². The van der Waals surface area contributed by atoms with Crippen LogP contribution in [-0.2, 0) is 9.59 Å². The minimum atomic E-state index is -0.477. The van der Waals surface area contributed by atoms with Gasteiger partial charge in [0.15, 0.2) is 0 Å². The van der Waals surface area contributed by atoms with Crippen molar-refractivity contribution < 1.29 is 9.59 Å². The number of anilines is 3. The second kappa shape index (κ2) is 8.04. The van der Waals surface area contributed by atoms with Gasteiger partial charge in [0.25, 0.3) is 0 Å². The first kappa shape index (κ1) is 19.5. The molecule has 138 valence electrons. The van der Waals surface area contributed by atoms with Crippen molar-refractivity contribution in [2.75, 3.05) is 22.5 Å². The third-order valence-electron chi connectivity index (χ3n) is 4.13. The Morgan fingerprint density at radius 2 is 1.54 bits per heavy atom. The van der Waals surface area contributed by atoms with Gasteiger partial charge in [0, 0.05) is 22.5 Å². The fourth-order valence-electron chi connectivity index (χ4n) is 2.32. The molecule has 0 saturated carbocycles. The van der Waals surface area contributed by atoms with E-state index in [0.717, 1.165) is 11.3 Å². The molecule has 2 aromatic carbocycles. The molecule has 2 amide bonds. The summed E-state index contributed by atoms with van der Waals surface area (Å²) in [6.45, 7) is 9.80. The largest absolute Gasteiger partial charge is 0.376 e. The third kappa shape index (κ3) is 5.34. The van der Waals surface area contributed by atoms with Gasteiger partial charge in [-0.05, 0) is 49.2 Å². The summed E-state index contributed by atoms with van der Waals surface area (Å²) in [5.41, 5.74) is 4.08. The summed E-state index contributed by atoms with van der Waals surface area (Å²) >= 11 is 0. The molecule has 2 aromatic rings. The SMILES string of the molecule is Cc1cccc(NCC(=O)Nc2cccc(NC(=O)C(C)(C)C)c2)c1C. The minimum Gasteiger partial charge on any atom is -0.376 e. The first-order chi connectivity index (χ1) is 12.2. The van der Waals surface area contributed by atoms with Gasteiger partial charge in [-0.1, -0.05) is 39.0 Å². The smallest absolute Gasteiger partial charge is 0.243 e. The molecule has 0 unspecified atom stereocenters. The quantitative estimate of drug-likeness (QED) is 0.749. The molecule has 0 aliphatic carbocycles. The summed E-state index contributed by atoms with van der Waals surface area (Å²) in [6, 6.07) is 13.1. The van der Waals surface area contributed by atoms with Crippen molar-refractivity contribution in [2.45, 2.75) is 34.6 Å². The standard InChI is InChI=1S/C21H27N3O2/c1-14-8-6-11-18(15(14)2)22-13-19(25)23-16-9-7-10-17(12-16)24-20(26)21(3,4)5/h6-12,22H,13H2,1-5H3,(H,23,25)(H,24,26). The monoisotopic (exact) mass is 353 g/mol. The first-order valence-corrected chi connectivity index (χ1v) is 8.68. The molecule has 2 rings (SSSR count). The van der Waals surface area contributed by atoms with E-state index in [9.17, 15) is 9.59 Å². The Kier molecular flexibility index (Phi) is 6.03. The Morgan fingerprint density at radius 3 is 2.19 bits per heavy atom. The van der Waals surface area contributed by atoms with Gasteiger partial charge in [-0.3, -0.25) is 9.59 Å². The van der Waals surface area contributed by atoms with E-state index in [0.29, 0.717) is 11.4 Å².